The summed E-state index contributed by atoms with van der Waals surface area (Å²) in [5, 5.41) is 3.39. The van der Waals surface area contributed by atoms with E-state index in [1.165, 1.54) is 10.9 Å². The molecular formula is C91H72B12N20. The third-order valence-corrected chi connectivity index (χ3v) is 25.5. The van der Waals surface area contributed by atoms with Gasteiger partial charge in [0, 0.05) is 45.0 Å². The number of rotatable bonds is 5. The zero-order valence-electron chi connectivity index (χ0n) is 66.9. The molecule has 0 atom stereocenters. The van der Waals surface area contributed by atoms with E-state index in [0.29, 0.717) is 0 Å². The molecule has 0 unspecified atom stereocenters. The molecule has 26 rings (SSSR count). The molecule has 0 radical (unpaired) electrons. The quantitative estimate of drug-likeness (QED) is 0.152. The van der Waals surface area contributed by atoms with Gasteiger partial charge in [-0.15, -0.1) is 0 Å². The highest BCUT2D eigenvalue weighted by Gasteiger charge is 2.54. The van der Waals surface area contributed by atoms with E-state index in [0.717, 1.165) is 94.8 Å². The average Bonchev–Trinajstić information content (AvgIpc) is 1.62. The second-order valence-corrected chi connectivity index (χ2v) is 32.1. The first-order valence-corrected chi connectivity index (χ1v) is 42.2. The number of pyridine rings is 1. The summed E-state index contributed by atoms with van der Waals surface area (Å²) in [6.07, 6.45) is 77.4. The van der Waals surface area contributed by atoms with Crippen LogP contribution in [0.3, 0.4) is 0 Å². The molecule has 123 heavy (non-hydrogen) atoms. The van der Waals surface area contributed by atoms with Gasteiger partial charge in [0.05, 0.1) is 51.2 Å². The lowest BCUT2D eigenvalue weighted by atomic mass is 9.41. The van der Waals surface area contributed by atoms with E-state index in [4.69, 9.17) is 24.9 Å². The monoisotopic (exact) mass is 1580 g/mol. The smallest absolute Gasteiger partial charge is 0.382 e. The van der Waals surface area contributed by atoms with Crippen molar-refractivity contribution in [2.45, 2.75) is 0 Å². The first kappa shape index (κ1) is 72.0. The highest BCUT2D eigenvalue weighted by atomic mass is 15.3. The normalized spacial score (nSPS) is 18.6. The van der Waals surface area contributed by atoms with Crippen LogP contribution in [0.25, 0.3) is 94.2 Å². The lowest BCUT2D eigenvalue weighted by Gasteiger charge is -2.53. The van der Waals surface area contributed by atoms with Crippen LogP contribution in [0.1, 0.15) is 11.5 Å². The van der Waals surface area contributed by atoms with Gasteiger partial charge in [0.1, 0.15) is 11.0 Å². The van der Waals surface area contributed by atoms with E-state index in [-0.39, 0.29) is 83.8 Å². The topological polar surface area (TPSA) is 118 Å². The summed E-state index contributed by atoms with van der Waals surface area (Å²) < 4.78 is 35.9. The third-order valence-electron chi connectivity index (χ3n) is 25.5. The van der Waals surface area contributed by atoms with Gasteiger partial charge >= 0.3 is 83.8 Å². The molecule has 0 amide bonds. The van der Waals surface area contributed by atoms with E-state index >= 15 is 0 Å². The minimum Gasteiger partial charge on any atom is -0.423 e. The number of fused-ring (bicyclic) bond motifs is 33. The van der Waals surface area contributed by atoms with Gasteiger partial charge in [-0.25, -0.2) is 19.9 Å². The molecule has 0 spiro atoms. The molecular weight excluding hydrogens is 1500 g/mol. The Kier molecular flexibility index (Phi) is 17.6. The van der Waals surface area contributed by atoms with Gasteiger partial charge in [-0.3, -0.25) is 9.55 Å². The SMILES string of the molecule is C1=CB2N(C=C1)B1C=CC=CN1B1C=C(c3cnc4c(n3)c3ccccc3n4-c3ccccc3)C=CN1B1C=CC=CN21.C1=CB2N(C=C1)B1C=CC=CN1B1C=C(c3ncc4c(n3)c3ccccc3n4-c3ccccc3)C=CN1B1C=CC=CN21.C1=CB2N(C=C1)B1C=CC=CN1B1C=C(n3c4ccccc4c4ncccc43)C=CN1B1C=CC=CN21. The minimum atomic E-state index is -0.0555. The molecule has 6 aromatic heterocycles. The predicted octanol–water partition coefficient (Wildman–Crippen LogP) is 14.3. The first-order valence-electron chi connectivity index (χ1n) is 42.2. The number of hydrogen-bond donors (Lipinski definition) is 0. The molecule has 572 valence electrons. The highest BCUT2D eigenvalue weighted by Crippen LogP contribution is 2.41. The number of allylic oxidation sites excluding steroid dienone is 24. The second-order valence-electron chi connectivity index (χ2n) is 32.1. The molecule has 21 heterocycles. The van der Waals surface area contributed by atoms with Crippen molar-refractivity contribution in [2.24, 2.45) is 0 Å². The Labute approximate surface area is 718 Å². The Hall–Kier alpha value is -15.1. The zero-order valence-corrected chi connectivity index (χ0v) is 66.9. The standard InChI is InChI=1S/2C32H25B4N7.C27H22B4N6/c1-2-12-27(13-3-1)43-30-15-5-4-14-28(30)31-32(43)37-25-29(38-31)26-16-23-42-35-19-7-10-21-40(35)33-17-6-9-20-39(33)34-18-8-11-22-41(34)36(42)24-26;1-2-12-27(13-3-1)43-29-15-5-4-14-28(29)31-30(43)25-37-32(38-31)26-16-23-42-35-19-7-10-21-40(35)33-17-6-9-20-39(33)34-18-8-11-22-41(34)36(42)24-26;1-2-11-25-24(10-1)27-26(12-9-17-32-27)37(25)23-13-21-36-30-16-4-7-19-34(30)28-14-3-6-18-33(28)29-15-5-8-20-35(29)31(36)22-23/h2*1-25H;1-22H. The van der Waals surface area contributed by atoms with Crippen molar-refractivity contribution in [3.63, 3.8) is 0 Å². The van der Waals surface area contributed by atoms with Crippen LogP contribution in [-0.4, -0.2) is 179 Å². The van der Waals surface area contributed by atoms with E-state index in [1.54, 1.807) is 0 Å². The van der Waals surface area contributed by atoms with Crippen LogP contribution < -0.4 is 0 Å². The van der Waals surface area contributed by atoms with E-state index in [1.807, 2.05) is 36.8 Å². The lowest BCUT2D eigenvalue weighted by molar-refractivity contribution is 0.621. The van der Waals surface area contributed by atoms with Crippen molar-refractivity contribution in [1.29, 1.82) is 0 Å². The fourth-order valence-electron chi connectivity index (χ4n) is 20.0. The van der Waals surface area contributed by atoms with Gasteiger partial charge in [0.15, 0.2) is 11.5 Å². The van der Waals surface area contributed by atoms with Crippen molar-refractivity contribution in [3.05, 3.63) is 449 Å². The molecule has 20 nitrogen and oxygen atoms in total. The summed E-state index contributed by atoms with van der Waals surface area (Å²) in [5.41, 5.74) is 15.5. The van der Waals surface area contributed by atoms with Gasteiger partial charge in [-0.05, 0) is 213 Å². The van der Waals surface area contributed by atoms with Crippen molar-refractivity contribution in [1.82, 2.24) is 95.3 Å². The van der Waals surface area contributed by atoms with Crippen LogP contribution in [0.2, 0.25) is 0 Å². The molecule has 0 N–H and O–H groups in total. The summed E-state index contributed by atoms with van der Waals surface area (Å²) in [6, 6.07) is 50.5. The van der Waals surface area contributed by atoms with Gasteiger partial charge in [-0.2, -0.15) is 0 Å². The Balaban J connectivity index is 0.000000104. The van der Waals surface area contributed by atoms with E-state index < -0.39 is 0 Å². The Morgan fingerprint density at radius 3 is 1.04 bits per heavy atom. The molecule has 0 bridgehead atoms. The van der Waals surface area contributed by atoms with Gasteiger partial charge in [0.2, 0.25) is 0 Å². The van der Waals surface area contributed by atoms with Crippen molar-refractivity contribution in [2.75, 3.05) is 0 Å². The van der Waals surface area contributed by atoms with Crippen molar-refractivity contribution in [3.8, 4) is 11.4 Å². The van der Waals surface area contributed by atoms with Crippen LogP contribution in [0, 0.1) is 0 Å². The van der Waals surface area contributed by atoms with Crippen LogP contribution >= 0.6 is 0 Å². The molecule has 3 saturated heterocycles. The van der Waals surface area contributed by atoms with E-state index in [9.17, 15) is 0 Å². The summed E-state index contributed by atoms with van der Waals surface area (Å²) in [7, 11) is 0. The third kappa shape index (κ3) is 12.0. The molecule has 15 aliphatic heterocycles. The maximum atomic E-state index is 5.27. The van der Waals surface area contributed by atoms with Crippen LogP contribution in [0.5, 0.6) is 0 Å². The van der Waals surface area contributed by atoms with Crippen LogP contribution in [0.4, 0.5) is 0 Å². The summed E-state index contributed by atoms with van der Waals surface area (Å²) in [4.78, 5) is 25.2. The average molecular weight is 1580 g/mol. The second kappa shape index (κ2) is 30.0. The van der Waals surface area contributed by atoms with Gasteiger partial charge in [-0.1, -0.05) is 211 Å². The predicted molar refractivity (Wildman–Crippen MR) is 513 cm³/mol. The molecule has 32 heteroatoms. The van der Waals surface area contributed by atoms with Crippen molar-refractivity contribution >= 4 is 167 Å². The van der Waals surface area contributed by atoms with Crippen LogP contribution in [-0.2, 0) is 0 Å². The number of nitrogens with zero attached hydrogens (tertiary/aromatic N) is 20. The molecule has 5 aromatic carbocycles. The summed E-state index contributed by atoms with van der Waals surface area (Å²) in [6.45, 7) is 0.531. The van der Waals surface area contributed by atoms with Gasteiger partial charge in [0.25, 0.3) is 0 Å². The highest BCUT2D eigenvalue weighted by molar-refractivity contribution is 6.95. The molecule has 0 aliphatic carbocycles. The zero-order chi connectivity index (χ0) is 81.0. The number of benzene rings is 5. The molecule has 0 saturated carbocycles. The Bertz CT molecular complexity index is 6550. The number of aromatic nitrogens is 8. The first-order chi connectivity index (χ1) is 61.1. The van der Waals surface area contributed by atoms with Crippen molar-refractivity contribution < 1.29 is 0 Å². The molecule has 3 fully saturated rings. The molecule has 11 aromatic rings. The lowest BCUT2D eigenvalue weighted by Crippen LogP contribution is -2.73. The Morgan fingerprint density at radius 1 is 0.228 bits per heavy atom. The minimum absolute atomic E-state index is 0.00277. The number of hydrogen-bond acceptors (Lipinski definition) is 17. The maximum Gasteiger partial charge on any atom is 0.382 e. The molecule has 15 aliphatic rings. The van der Waals surface area contributed by atoms with Crippen LogP contribution in [0.15, 0.2) is 438 Å². The number of para-hydroxylation sites is 5. The summed E-state index contributed by atoms with van der Waals surface area (Å²) >= 11 is 0. The fourth-order valence-corrected chi connectivity index (χ4v) is 20.0. The largest absolute Gasteiger partial charge is 0.423 e. The maximum absolute atomic E-state index is 5.27. The fraction of sp³-hybridized carbons (Fsp3) is 0. The van der Waals surface area contributed by atoms with E-state index in [2.05, 4.69) is 471 Å². The summed E-state index contributed by atoms with van der Waals surface area (Å²) in [5.74, 6) is 28.2. The Morgan fingerprint density at radius 2 is 0.577 bits per heavy atom. The van der Waals surface area contributed by atoms with Gasteiger partial charge < -0.3 is 65.8 Å².